The largest absolute Gasteiger partial charge is 0.311 e. The number of hydrogen-bond donors (Lipinski definition) is 2. The number of nitrogens with one attached hydrogen (secondary N) is 1. The molecule has 1 heterocycles. The molecular formula is C9H17N3S. The summed E-state index contributed by atoms with van der Waals surface area (Å²) in [5.74, 6) is 7.78. The van der Waals surface area contributed by atoms with Crippen LogP contribution in [0, 0.1) is 0 Å². The van der Waals surface area contributed by atoms with Crippen molar-refractivity contribution < 1.29 is 0 Å². The summed E-state index contributed by atoms with van der Waals surface area (Å²) in [6.45, 7) is 0. The predicted molar refractivity (Wildman–Crippen MR) is 57.9 cm³/mol. The molecule has 13 heavy (non-hydrogen) atoms. The Bertz CT molecular complexity index is 195. The fourth-order valence-corrected chi connectivity index (χ4v) is 2.85. The molecule has 0 radical (unpaired) electrons. The van der Waals surface area contributed by atoms with Crippen LogP contribution in [-0.2, 0) is 0 Å². The highest BCUT2D eigenvalue weighted by molar-refractivity contribution is 8.00. The third-order valence-electron chi connectivity index (χ3n) is 2.50. The molecule has 0 aromatic carbocycles. The van der Waals surface area contributed by atoms with Gasteiger partial charge in [0.2, 0.25) is 0 Å². The lowest BCUT2D eigenvalue weighted by Gasteiger charge is -2.22. The maximum absolute atomic E-state index is 5.49. The Labute approximate surface area is 83.5 Å². The molecule has 0 aromatic rings. The van der Waals surface area contributed by atoms with Gasteiger partial charge in [-0.3, -0.25) is 4.99 Å². The normalized spacial score (nSPS) is 30.2. The van der Waals surface area contributed by atoms with Crippen molar-refractivity contribution in [3.05, 3.63) is 0 Å². The molecule has 1 aliphatic carbocycles. The van der Waals surface area contributed by atoms with Crippen molar-refractivity contribution in [3.63, 3.8) is 0 Å². The van der Waals surface area contributed by atoms with E-state index in [1.807, 2.05) is 11.8 Å². The van der Waals surface area contributed by atoms with Gasteiger partial charge in [0.05, 0.1) is 11.3 Å². The zero-order chi connectivity index (χ0) is 9.10. The van der Waals surface area contributed by atoms with Crippen molar-refractivity contribution in [2.24, 2.45) is 10.8 Å². The first-order chi connectivity index (χ1) is 6.40. The summed E-state index contributed by atoms with van der Waals surface area (Å²) in [4.78, 5) is 4.59. The highest BCUT2D eigenvalue weighted by atomic mass is 32.2. The number of thioether (sulfide) groups is 1. The Balaban J connectivity index is 1.93. The van der Waals surface area contributed by atoms with Crippen molar-refractivity contribution in [1.29, 1.82) is 0 Å². The molecule has 1 unspecified atom stereocenters. The fraction of sp³-hybridized carbons (Fsp3) is 0.889. The zero-order valence-electron chi connectivity index (χ0n) is 7.83. The summed E-state index contributed by atoms with van der Waals surface area (Å²) in [6.07, 6.45) is 6.41. The summed E-state index contributed by atoms with van der Waals surface area (Å²) in [5, 5.41) is 0.541. The predicted octanol–water partition coefficient (Wildman–Crippen LogP) is 1.30. The van der Waals surface area contributed by atoms with E-state index in [1.165, 1.54) is 37.9 Å². The van der Waals surface area contributed by atoms with E-state index >= 15 is 0 Å². The molecule has 1 saturated heterocycles. The molecule has 4 heteroatoms. The molecule has 0 spiro atoms. The molecule has 2 aliphatic rings. The van der Waals surface area contributed by atoms with E-state index in [0.29, 0.717) is 11.3 Å². The van der Waals surface area contributed by atoms with Gasteiger partial charge in [0, 0.05) is 0 Å². The monoisotopic (exact) mass is 199 g/mol. The summed E-state index contributed by atoms with van der Waals surface area (Å²) < 4.78 is 0. The quantitative estimate of drug-likeness (QED) is 0.305. The number of rotatable bonds is 2. The average Bonchev–Trinajstić information content (AvgIpc) is 2.99. The van der Waals surface area contributed by atoms with Gasteiger partial charge in [0.25, 0.3) is 0 Å². The maximum Gasteiger partial charge on any atom is 0.124 e. The lowest BCUT2D eigenvalue weighted by Crippen LogP contribution is -2.39. The average molecular weight is 199 g/mol. The zero-order valence-corrected chi connectivity index (χ0v) is 8.65. The molecule has 74 valence electrons. The van der Waals surface area contributed by atoms with Crippen LogP contribution in [0.2, 0.25) is 0 Å². The fourth-order valence-electron chi connectivity index (χ4n) is 1.57. The minimum absolute atomic E-state index is 0.541. The van der Waals surface area contributed by atoms with Crippen molar-refractivity contribution in [1.82, 2.24) is 5.43 Å². The first kappa shape index (κ1) is 9.34. The topological polar surface area (TPSA) is 50.4 Å². The highest BCUT2D eigenvalue weighted by Gasteiger charge is 2.25. The van der Waals surface area contributed by atoms with Gasteiger partial charge < -0.3 is 5.43 Å². The van der Waals surface area contributed by atoms with Crippen molar-refractivity contribution in [3.8, 4) is 0 Å². The molecular weight excluding hydrogens is 182 g/mol. The van der Waals surface area contributed by atoms with Crippen LogP contribution in [-0.4, -0.2) is 22.9 Å². The van der Waals surface area contributed by atoms with Crippen molar-refractivity contribution in [2.45, 2.75) is 43.4 Å². The van der Waals surface area contributed by atoms with E-state index in [4.69, 9.17) is 5.84 Å². The van der Waals surface area contributed by atoms with Crippen LogP contribution >= 0.6 is 11.8 Å². The van der Waals surface area contributed by atoms with Gasteiger partial charge in [-0.15, -0.1) is 0 Å². The number of aliphatic imine (C=N–C) groups is 1. The van der Waals surface area contributed by atoms with Gasteiger partial charge >= 0.3 is 0 Å². The minimum Gasteiger partial charge on any atom is -0.311 e. The van der Waals surface area contributed by atoms with Crippen LogP contribution in [0.5, 0.6) is 0 Å². The molecule has 0 amide bonds. The Kier molecular flexibility index (Phi) is 3.11. The molecule has 1 saturated carbocycles. The summed E-state index contributed by atoms with van der Waals surface area (Å²) >= 11 is 1.99. The van der Waals surface area contributed by atoms with E-state index in [2.05, 4.69) is 10.4 Å². The Morgan fingerprint density at radius 2 is 2.15 bits per heavy atom. The molecule has 0 bridgehead atoms. The van der Waals surface area contributed by atoms with Crippen molar-refractivity contribution in [2.75, 3.05) is 5.75 Å². The van der Waals surface area contributed by atoms with E-state index in [0.717, 1.165) is 5.84 Å². The first-order valence-corrected chi connectivity index (χ1v) is 6.11. The molecule has 3 N–H and O–H groups in total. The lowest BCUT2D eigenvalue weighted by molar-refractivity contribution is 0.718. The minimum atomic E-state index is 0.541. The summed E-state index contributed by atoms with van der Waals surface area (Å²) in [6, 6.07) is 0.577. The van der Waals surface area contributed by atoms with Crippen LogP contribution < -0.4 is 11.3 Å². The van der Waals surface area contributed by atoms with Crippen LogP contribution in [0.4, 0.5) is 0 Å². The third kappa shape index (κ3) is 2.61. The van der Waals surface area contributed by atoms with Crippen LogP contribution in [0.3, 0.4) is 0 Å². The standard InChI is InChI=1S/C9H17N3S/c10-12-9(11-7-4-5-7)8-3-1-2-6-13-8/h7-8H,1-6,10H2,(H,11,12). The van der Waals surface area contributed by atoms with Crippen LogP contribution in [0.15, 0.2) is 4.99 Å². The van der Waals surface area contributed by atoms with E-state index in [9.17, 15) is 0 Å². The van der Waals surface area contributed by atoms with E-state index in [1.54, 1.807) is 0 Å². The van der Waals surface area contributed by atoms with Gasteiger partial charge in [-0.05, 0) is 31.4 Å². The molecule has 2 rings (SSSR count). The SMILES string of the molecule is NNC(=NC1CC1)C1CCCCS1. The lowest BCUT2D eigenvalue weighted by atomic mass is 10.2. The number of nitrogens with zero attached hydrogens (tertiary/aromatic N) is 1. The smallest absolute Gasteiger partial charge is 0.124 e. The maximum atomic E-state index is 5.49. The number of amidine groups is 1. The molecule has 0 aromatic heterocycles. The second kappa shape index (κ2) is 4.33. The van der Waals surface area contributed by atoms with Gasteiger partial charge in [0.15, 0.2) is 0 Å². The van der Waals surface area contributed by atoms with Gasteiger partial charge in [-0.25, -0.2) is 5.84 Å². The molecule has 1 aliphatic heterocycles. The Morgan fingerprint density at radius 3 is 2.69 bits per heavy atom. The van der Waals surface area contributed by atoms with Gasteiger partial charge in [-0.2, -0.15) is 11.8 Å². The third-order valence-corrected chi connectivity index (χ3v) is 3.89. The van der Waals surface area contributed by atoms with Gasteiger partial charge in [-0.1, -0.05) is 6.42 Å². The summed E-state index contributed by atoms with van der Waals surface area (Å²) in [5.41, 5.74) is 2.77. The Hall–Kier alpha value is -0.220. The first-order valence-electron chi connectivity index (χ1n) is 5.06. The second-order valence-electron chi connectivity index (χ2n) is 3.75. The van der Waals surface area contributed by atoms with E-state index in [-0.39, 0.29) is 0 Å². The molecule has 1 atom stereocenters. The van der Waals surface area contributed by atoms with E-state index < -0.39 is 0 Å². The van der Waals surface area contributed by atoms with Crippen LogP contribution in [0.25, 0.3) is 0 Å². The van der Waals surface area contributed by atoms with Gasteiger partial charge in [0.1, 0.15) is 5.84 Å². The van der Waals surface area contributed by atoms with Crippen molar-refractivity contribution >= 4 is 17.6 Å². The number of nitrogens with two attached hydrogens (primary N) is 1. The summed E-state index contributed by atoms with van der Waals surface area (Å²) in [7, 11) is 0. The second-order valence-corrected chi connectivity index (χ2v) is 5.06. The molecule has 3 nitrogen and oxygen atoms in total. The highest BCUT2D eigenvalue weighted by Crippen LogP contribution is 2.28. The Morgan fingerprint density at radius 1 is 1.31 bits per heavy atom. The van der Waals surface area contributed by atoms with Crippen LogP contribution in [0.1, 0.15) is 32.1 Å². The number of hydrogen-bond acceptors (Lipinski definition) is 3. The number of hydrazine groups is 1. The molecule has 2 fully saturated rings.